The normalized spacial score (nSPS) is 10.8. The van der Waals surface area contributed by atoms with Crippen LogP contribution in [-0.2, 0) is 27.6 Å². The van der Waals surface area contributed by atoms with E-state index >= 15 is 0 Å². The monoisotopic (exact) mass is 262 g/mol. The van der Waals surface area contributed by atoms with Gasteiger partial charge in [-0.1, -0.05) is 6.58 Å². The van der Waals surface area contributed by atoms with Crippen LogP contribution in [0.1, 0.15) is 13.8 Å². The molecule has 0 aromatic carbocycles. The Labute approximate surface area is 102 Å². The summed E-state index contributed by atoms with van der Waals surface area (Å²) < 4.78 is 20.1. The Morgan fingerprint density at radius 3 is 2.06 bits per heavy atom. The zero-order valence-corrected chi connectivity index (χ0v) is 11.6. The Bertz CT molecular complexity index is 297. The second-order valence-electron chi connectivity index (χ2n) is 3.35. The molecule has 0 N–H and O–H groups in total. The minimum absolute atomic E-state index is 0.0485. The van der Waals surface area contributed by atoms with E-state index in [1.807, 2.05) is 0 Å². The number of rotatable bonds is 7. The molecular weight excluding hydrogens is 244 g/mol. The molecule has 6 nitrogen and oxygen atoms in total. The molecule has 0 aromatic heterocycles. The SMILES string of the molecule is C=C(C)C(=O)OCC[Si](OC)(OC)OC(C)=O. The third kappa shape index (κ3) is 5.62. The highest BCUT2D eigenvalue weighted by Gasteiger charge is 2.42. The highest BCUT2D eigenvalue weighted by molar-refractivity contribution is 6.62. The van der Waals surface area contributed by atoms with E-state index in [2.05, 4.69) is 6.58 Å². The van der Waals surface area contributed by atoms with Crippen LogP contribution in [-0.4, -0.2) is 41.6 Å². The van der Waals surface area contributed by atoms with Gasteiger partial charge in [0, 0.05) is 26.7 Å². The molecule has 0 aliphatic rings. The van der Waals surface area contributed by atoms with Crippen molar-refractivity contribution < 1.29 is 27.6 Å². The van der Waals surface area contributed by atoms with Gasteiger partial charge in [-0.05, 0) is 6.92 Å². The second-order valence-corrected chi connectivity index (χ2v) is 6.24. The zero-order valence-electron chi connectivity index (χ0n) is 10.6. The molecule has 17 heavy (non-hydrogen) atoms. The van der Waals surface area contributed by atoms with Gasteiger partial charge in [-0.15, -0.1) is 0 Å². The molecule has 0 fully saturated rings. The summed E-state index contributed by atoms with van der Waals surface area (Å²) in [5, 5.41) is 0. The lowest BCUT2D eigenvalue weighted by molar-refractivity contribution is -0.138. The van der Waals surface area contributed by atoms with Gasteiger partial charge >= 0.3 is 14.8 Å². The summed E-state index contributed by atoms with van der Waals surface area (Å²) in [6, 6.07) is 0.207. The molecule has 0 saturated carbocycles. The summed E-state index contributed by atoms with van der Waals surface area (Å²) in [5.74, 6) is -0.991. The largest absolute Gasteiger partial charge is 0.570 e. The van der Waals surface area contributed by atoms with Gasteiger partial charge in [-0.3, -0.25) is 4.79 Å². The highest BCUT2D eigenvalue weighted by Crippen LogP contribution is 2.14. The number of ether oxygens (including phenoxy) is 1. The molecule has 7 heteroatoms. The number of carbonyl (C=O) groups excluding carboxylic acids is 2. The summed E-state index contributed by atoms with van der Waals surface area (Å²) >= 11 is 0. The van der Waals surface area contributed by atoms with Crippen LogP contribution in [0.25, 0.3) is 0 Å². The second kappa shape index (κ2) is 7.20. The first-order valence-electron chi connectivity index (χ1n) is 4.99. The van der Waals surface area contributed by atoms with Crippen molar-refractivity contribution in [3.63, 3.8) is 0 Å². The van der Waals surface area contributed by atoms with Crippen molar-refractivity contribution in [2.45, 2.75) is 19.9 Å². The fraction of sp³-hybridized carbons (Fsp3) is 0.600. The van der Waals surface area contributed by atoms with Gasteiger partial charge in [0.1, 0.15) is 0 Å². The quantitative estimate of drug-likeness (QED) is 0.386. The topological polar surface area (TPSA) is 71.1 Å². The van der Waals surface area contributed by atoms with E-state index in [1.54, 1.807) is 6.92 Å². The van der Waals surface area contributed by atoms with Gasteiger partial charge < -0.3 is 18.0 Å². The Kier molecular flexibility index (Phi) is 6.70. The van der Waals surface area contributed by atoms with Crippen molar-refractivity contribution in [3.8, 4) is 0 Å². The maximum Gasteiger partial charge on any atom is 0.570 e. The van der Waals surface area contributed by atoms with Crippen LogP contribution in [0.3, 0.4) is 0 Å². The van der Waals surface area contributed by atoms with Crippen molar-refractivity contribution in [2.24, 2.45) is 0 Å². The predicted octanol–water partition coefficient (Wildman–Crippen LogP) is 0.901. The molecule has 0 heterocycles. The van der Waals surface area contributed by atoms with Gasteiger partial charge in [-0.2, -0.15) is 0 Å². The molecule has 0 rings (SSSR count). The van der Waals surface area contributed by atoms with Crippen LogP contribution in [0, 0.1) is 0 Å². The highest BCUT2D eigenvalue weighted by atomic mass is 28.4. The molecule has 0 spiro atoms. The Hall–Kier alpha value is -1.18. The van der Waals surface area contributed by atoms with Gasteiger partial charge in [0.15, 0.2) is 0 Å². The fourth-order valence-electron chi connectivity index (χ4n) is 1.03. The maximum absolute atomic E-state index is 11.1. The Balaban J connectivity index is 4.31. The average molecular weight is 262 g/mol. The van der Waals surface area contributed by atoms with E-state index in [1.165, 1.54) is 21.1 Å². The molecule has 0 aromatic rings. The van der Waals surface area contributed by atoms with E-state index in [-0.39, 0.29) is 12.7 Å². The van der Waals surface area contributed by atoms with Crippen LogP contribution in [0.15, 0.2) is 12.2 Å². The molecule has 0 unspecified atom stereocenters. The van der Waals surface area contributed by atoms with E-state index in [0.29, 0.717) is 5.57 Å². The third-order valence-corrected chi connectivity index (χ3v) is 4.57. The lowest BCUT2D eigenvalue weighted by Gasteiger charge is -2.24. The van der Waals surface area contributed by atoms with E-state index in [4.69, 9.17) is 18.0 Å². The molecule has 0 amide bonds. The van der Waals surface area contributed by atoms with Crippen LogP contribution in [0.2, 0.25) is 6.04 Å². The molecule has 0 aliphatic carbocycles. The first-order chi connectivity index (χ1) is 7.87. The predicted molar refractivity (Wildman–Crippen MR) is 62.1 cm³/mol. The first kappa shape index (κ1) is 15.8. The van der Waals surface area contributed by atoms with Crippen LogP contribution in [0.4, 0.5) is 0 Å². The number of hydrogen-bond donors (Lipinski definition) is 0. The van der Waals surface area contributed by atoms with E-state index in [9.17, 15) is 9.59 Å². The van der Waals surface area contributed by atoms with Gasteiger partial charge in [-0.25, -0.2) is 4.79 Å². The van der Waals surface area contributed by atoms with Gasteiger partial charge in [0.25, 0.3) is 5.97 Å². The van der Waals surface area contributed by atoms with Gasteiger partial charge in [0.05, 0.1) is 12.7 Å². The standard InChI is InChI=1S/C10H18O6Si/c1-8(2)10(12)15-6-7-17(13-4,14-5)16-9(3)11/h1,6-7H2,2-5H3. The molecule has 0 radical (unpaired) electrons. The minimum atomic E-state index is -3.06. The summed E-state index contributed by atoms with van der Waals surface area (Å²) in [6.07, 6.45) is 0. The summed E-state index contributed by atoms with van der Waals surface area (Å²) in [7, 11) is -0.288. The fourth-order valence-corrected chi connectivity index (χ4v) is 2.67. The lowest BCUT2D eigenvalue weighted by Crippen LogP contribution is -2.46. The average Bonchev–Trinajstić information content (AvgIpc) is 2.26. The molecule has 0 bridgehead atoms. The van der Waals surface area contributed by atoms with Crippen molar-refractivity contribution in [1.82, 2.24) is 0 Å². The van der Waals surface area contributed by atoms with Crippen LogP contribution < -0.4 is 0 Å². The lowest BCUT2D eigenvalue weighted by atomic mass is 10.4. The van der Waals surface area contributed by atoms with Crippen molar-refractivity contribution >= 4 is 20.7 Å². The summed E-state index contributed by atoms with van der Waals surface area (Å²) in [5.41, 5.74) is 0.305. The summed E-state index contributed by atoms with van der Waals surface area (Å²) in [4.78, 5) is 22.0. The van der Waals surface area contributed by atoms with Crippen molar-refractivity contribution in [3.05, 3.63) is 12.2 Å². The van der Waals surface area contributed by atoms with Crippen LogP contribution >= 0.6 is 0 Å². The maximum atomic E-state index is 11.1. The van der Waals surface area contributed by atoms with Crippen molar-refractivity contribution in [2.75, 3.05) is 20.8 Å². The zero-order chi connectivity index (χ0) is 13.5. The molecule has 0 atom stereocenters. The third-order valence-electron chi connectivity index (χ3n) is 1.91. The number of hydrogen-bond acceptors (Lipinski definition) is 6. The first-order valence-corrected chi connectivity index (χ1v) is 6.92. The summed E-state index contributed by atoms with van der Waals surface area (Å²) in [6.45, 7) is 6.31. The molecule has 0 saturated heterocycles. The number of esters is 1. The minimum Gasteiger partial charge on any atom is -0.473 e. The molecule has 98 valence electrons. The van der Waals surface area contributed by atoms with E-state index < -0.39 is 20.7 Å². The molecular formula is C10H18O6Si. The van der Waals surface area contributed by atoms with Crippen LogP contribution in [0.5, 0.6) is 0 Å². The Morgan fingerprint density at radius 1 is 1.18 bits per heavy atom. The Morgan fingerprint density at radius 2 is 1.71 bits per heavy atom. The van der Waals surface area contributed by atoms with E-state index in [0.717, 1.165) is 0 Å². The number of carbonyl (C=O) groups is 2. The molecule has 0 aliphatic heterocycles. The van der Waals surface area contributed by atoms with Gasteiger partial charge in [0.2, 0.25) is 0 Å². The van der Waals surface area contributed by atoms with Crippen molar-refractivity contribution in [1.29, 1.82) is 0 Å². The smallest absolute Gasteiger partial charge is 0.473 e.